The maximum Gasteiger partial charge on any atom is 0.257 e. The van der Waals surface area contributed by atoms with Gasteiger partial charge < -0.3 is 19.9 Å². The number of fused-ring (bicyclic) bond motifs is 3. The van der Waals surface area contributed by atoms with Crippen molar-refractivity contribution in [2.45, 2.75) is 32.2 Å². The van der Waals surface area contributed by atoms with Crippen molar-refractivity contribution in [1.82, 2.24) is 9.80 Å². The van der Waals surface area contributed by atoms with Crippen molar-refractivity contribution in [3.8, 4) is 5.75 Å². The van der Waals surface area contributed by atoms with Gasteiger partial charge in [-0.2, -0.15) is 0 Å². The molecule has 0 atom stereocenters. The highest BCUT2D eigenvalue weighted by molar-refractivity contribution is 7.17. The summed E-state index contributed by atoms with van der Waals surface area (Å²) in [5.74, 6) is 0.647. The molecular formula is C22H25N3O4S. The van der Waals surface area contributed by atoms with Gasteiger partial charge in [-0.1, -0.05) is 12.1 Å². The molecule has 158 valence electrons. The highest BCUT2D eigenvalue weighted by atomic mass is 32.1. The fourth-order valence-electron chi connectivity index (χ4n) is 3.97. The summed E-state index contributed by atoms with van der Waals surface area (Å²) in [4.78, 5) is 41.7. The van der Waals surface area contributed by atoms with Gasteiger partial charge in [0.2, 0.25) is 11.8 Å². The Morgan fingerprint density at radius 3 is 2.70 bits per heavy atom. The van der Waals surface area contributed by atoms with E-state index in [1.54, 1.807) is 14.2 Å². The summed E-state index contributed by atoms with van der Waals surface area (Å²) in [6.45, 7) is 1.16. The Kier molecular flexibility index (Phi) is 5.76. The molecule has 1 aromatic carbocycles. The fraction of sp³-hybridized carbons (Fsp3) is 0.409. The third kappa shape index (κ3) is 4.05. The summed E-state index contributed by atoms with van der Waals surface area (Å²) in [7, 11) is 3.29. The molecule has 0 fully saturated rings. The predicted molar refractivity (Wildman–Crippen MR) is 115 cm³/mol. The Hall–Kier alpha value is -2.87. The van der Waals surface area contributed by atoms with Crippen LogP contribution in [0.1, 0.15) is 39.2 Å². The van der Waals surface area contributed by atoms with E-state index < -0.39 is 0 Å². The number of carbonyl (C=O) groups is 3. The summed E-state index contributed by atoms with van der Waals surface area (Å²) < 4.78 is 5.17. The molecular weight excluding hydrogens is 402 g/mol. The van der Waals surface area contributed by atoms with Crippen molar-refractivity contribution in [3.63, 3.8) is 0 Å². The number of rotatable bonds is 5. The summed E-state index contributed by atoms with van der Waals surface area (Å²) in [6, 6.07) is 7.92. The van der Waals surface area contributed by atoms with E-state index >= 15 is 0 Å². The minimum Gasteiger partial charge on any atom is -0.497 e. The number of nitrogens with one attached hydrogen (secondary N) is 1. The second-order valence-corrected chi connectivity index (χ2v) is 8.79. The van der Waals surface area contributed by atoms with Gasteiger partial charge in [-0.25, -0.2) is 0 Å². The van der Waals surface area contributed by atoms with Crippen LogP contribution in [0.5, 0.6) is 5.75 Å². The number of likely N-dealkylation sites (N-methyl/N-ethyl adjacent to an activating group) is 1. The minimum atomic E-state index is -0.185. The number of hydrogen-bond acceptors (Lipinski definition) is 5. The van der Waals surface area contributed by atoms with E-state index in [4.69, 9.17) is 4.74 Å². The van der Waals surface area contributed by atoms with Crippen molar-refractivity contribution in [3.05, 3.63) is 45.8 Å². The second-order valence-electron chi connectivity index (χ2n) is 7.68. The topological polar surface area (TPSA) is 79.0 Å². The van der Waals surface area contributed by atoms with Gasteiger partial charge in [0, 0.05) is 24.9 Å². The number of methoxy groups -OCH3 is 1. The number of nitrogens with zero attached hydrogens (tertiary/aromatic N) is 2. The van der Waals surface area contributed by atoms with Gasteiger partial charge in [-0.05, 0) is 42.5 Å². The van der Waals surface area contributed by atoms with Crippen LogP contribution in [0.3, 0.4) is 0 Å². The molecule has 30 heavy (non-hydrogen) atoms. The summed E-state index contributed by atoms with van der Waals surface area (Å²) in [5.41, 5.74) is 2.77. The van der Waals surface area contributed by atoms with Gasteiger partial charge >= 0.3 is 0 Å². The molecule has 3 amide bonds. The van der Waals surface area contributed by atoms with Crippen LogP contribution in [0.15, 0.2) is 24.3 Å². The molecule has 0 bridgehead atoms. The lowest BCUT2D eigenvalue weighted by atomic mass is 10.0. The molecule has 4 rings (SSSR count). The van der Waals surface area contributed by atoms with Crippen molar-refractivity contribution in [2.24, 2.45) is 0 Å². The standard InChI is InChI=1S/C22H25N3O4S/c1-24-13-18(26)23-21-20(22(24)28)16-10-11-25(12-17(16)30-21)19(27)5-3-4-14-6-8-15(29-2)9-7-14/h6-9H,3-5,10-13H2,1-2H3,(H,23,26). The van der Waals surface area contributed by atoms with Crippen molar-refractivity contribution in [1.29, 1.82) is 0 Å². The van der Waals surface area contributed by atoms with E-state index in [0.29, 0.717) is 36.5 Å². The Balaban J connectivity index is 1.38. The minimum absolute atomic E-state index is 0.0633. The molecule has 2 aromatic rings. The van der Waals surface area contributed by atoms with E-state index in [-0.39, 0.29) is 24.3 Å². The third-order valence-electron chi connectivity index (χ3n) is 5.62. The number of anilines is 1. The number of benzene rings is 1. The SMILES string of the molecule is COc1ccc(CCCC(=O)N2CCc3c(sc4c3C(=O)N(C)CC(=O)N4)C2)cc1. The number of thiophene rings is 1. The quantitative estimate of drug-likeness (QED) is 0.796. The Morgan fingerprint density at radius 1 is 1.20 bits per heavy atom. The van der Waals surface area contributed by atoms with Gasteiger partial charge in [0.15, 0.2) is 0 Å². The van der Waals surface area contributed by atoms with Crippen LogP contribution in [0.25, 0.3) is 0 Å². The van der Waals surface area contributed by atoms with Crippen LogP contribution in [0.2, 0.25) is 0 Å². The first-order valence-corrected chi connectivity index (χ1v) is 10.9. The molecule has 0 saturated carbocycles. The van der Waals surface area contributed by atoms with Crippen LogP contribution in [0.4, 0.5) is 5.00 Å². The van der Waals surface area contributed by atoms with Gasteiger partial charge in [0.05, 0.1) is 25.8 Å². The lowest BCUT2D eigenvalue weighted by molar-refractivity contribution is -0.132. The van der Waals surface area contributed by atoms with Gasteiger partial charge in [-0.15, -0.1) is 11.3 Å². The first-order valence-electron chi connectivity index (χ1n) is 10.1. The number of hydrogen-bond donors (Lipinski definition) is 1. The van der Waals surface area contributed by atoms with Gasteiger partial charge in [0.25, 0.3) is 5.91 Å². The summed E-state index contributed by atoms with van der Waals surface area (Å²) in [5, 5.41) is 3.47. The molecule has 0 radical (unpaired) electrons. The van der Waals surface area contributed by atoms with Crippen molar-refractivity contribution >= 4 is 34.1 Å². The third-order valence-corrected chi connectivity index (χ3v) is 6.75. The molecule has 2 aliphatic heterocycles. The van der Waals surface area contributed by atoms with E-state index in [1.165, 1.54) is 21.8 Å². The fourth-order valence-corrected chi connectivity index (χ4v) is 5.24. The molecule has 0 unspecified atom stereocenters. The number of carbonyl (C=O) groups excluding carboxylic acids is 3. The Bertz CT molecular complexity index is 983. The zero-order chi connectivity index (χ0) is 21.3. The van der Waals surface area contributed by atoms with Crippen LogP contribution >= 0.6 is 11.3 Å². The molecule has 8 heteroatoms. The zero-order valence-electron chi connectivity index (χ0n) is 17.2. The number of ether oxygens (including phenoxy) is 1. The summed E-state index contributed by atoms with van der Waals surface area (Å²) >= 11 is 1.42. The monoisotopic (exact) mass is 427 g/mol. The van der Waals surface area contributed by atoms with Crippen molar-refractivity contribution < 1.29 is 19.1 Å². The van der Waals surface area contributed by atoms with E-state index in [1.807, 2.05) is 29.2 Å². The molecule has 3 heterocycles. The van der Waals surface area contributed by atoms with Crippen molar-refractivity contribution in [2.75, 3.05) is 32.6 Å². The van der Waals surface area contributed by atoms with Crippen LogP contribution < -0.4 is 10.1 Å². The predicted octanol–water partition coefficient (Wildman–Crippen LogP) is 2.69. The van der Waals surface area contributed by atoms with Crippen LogP contribution in [-0.2, 0) is 29.0 Å². The molecule has 0 saturated heterocycles. The number of amides is 3. The van der Waals surface area contributed by atoms with E-state index in [0.717, 1.165) is 29.0 Å². The van der Waals surface area contributed by atoms with E-state index in [2.05, 4.69) is 5.32 Å². The second kappa shape index (κ2) is 8.47. The summed E-state index contributed by atoms with van der Waals surface area (Å²) in [6.07, 6.45) is 2.76. The molecule has 1 N–H and O–H groups in total. The highest BCUT2D eigenvalue weighted by Gasteiger charge is 2.33. The van der Waals surface area contributed by atoms with Crippen LogP contribution in [0, 0.1) is 0 Å². The lowest BCUT2D eigenvalue weighted by Crippen LogP contribution is -2.36. The maximum atomic E-state index is 12.7. The Labute approximate surface area is 179 Å². The van der Waals surface area contributed by atoms with Gasteiger partial charge in [0.1, 0.15) is 10.8 Å². The molecule has 2 aliphatic rings. The van der Waals surface area contributed by atoms with Gasteiger partial charge in [-0.3, -0.25) is 14.4 Å². The van der Waals surface area contributed by atoms with Crippen LogP contribution in [-0.4, -0.2) is 54.8 Å². The molecule has 0 spiro atoms. The average molecular weight is 428 g/mol. The first kappa shape index (κ1) is 20.4. The maximum absolute atomic E-state index is 12.7. The normalized spacial score (nSPS) is 15.9. The highest BCUT2D eigenvalue weighted by Crippen LogP contribution is 2.38. The molecule has 0 aliphatic carbocycles. The zero-order valence-corrected chi connectivity index (χ0v) is 18.0. The Morgan fingerprint density at radius 2 is 1.97 bits per heavy atom. The average Bonchev–Trinajstić information content (AvgIpc) is 3.05. The number of aryl methyl sites for hydroxylation is 1. The first-order chi connectivity index (χ1) is 14.5. The largest absolute Gasteiger partial charge is 0.497 e. The van der Waals surface area contributed by atoms with E-state index in [9.17, 15) is 14.4 Å². The molecule has 1 aromatic heterocycles. The smallest absolute Gasteiger partial charge is 0.257 e. The lowest BCUT2D eigenvalue weighted by Gasteiger charge is -2.27. The molecule has 7 nitrogen and oxygen atoms in total.